The summed E-state index contributed by atoms with van der Waals surface area (Å²) >= 11 is 0. The zero-order chi connectivity index (χ0) is 12.6. The minimum absolute atomic E-state index is 0.0417. The summed E-state index contributed by atoms with van der Waals surface area (Å²) in [5.41, 5.74) is 0.308. The van der Waals surface area contributed by atoms with Crippen molar-refractivity contribution in [3.8, 4) is 0 Å². The van der Waals surface area contributed by atoms with Crippen molar-refractivity contribution in [2.75, 3.05) is 6.54 Å². The fourth-order valence-electron chi connectivity index (χ4n) is 1.99. The number of carbonyl (C=O) groups is 2. The molecule has 0 bridgehead atoms. The van der Waals surface area contributed by atoms with E-state index in [0.29, 0.717) is 11.3 Å². The average molecular weight is 239 g/mol. The van der Waals surface area contributed by atoms with Gasteiger partial charge in [0.15, 0.2) is 0 Å². The quantitative estimate of drug-likeness (QED) is 0.771. The first-order chi connectivity index (χ1) is 7.99. The maximum absolute atomic E-state index is 12.0. The lowest BCUT2D eigenvalue weighted by molar-refractivity contribution is -0.141. The minimum atomic E-state index is -1.10. The van der Waals surface area contributed by atoms with Gasteiger partial charge in [-0.3, -0.25) is 4.79 Å². The minimum Gasteiger partial charge on any atom is -0.480 e. The lowest BCUT2D eigenvalue weighted by atomic mass is 10.2. The van der Waals surface area contributed by atoms with Gasteiger partial charge in [0.1, 0.15) is 18.1 Å². The van der Waals surface area contributed by atoms with Crippen molar-refractivity contribution in [3.63, 3.8) is 0 Å². The number of β-amino-alcohol motifs (C(OH)–C–C–N with tert-alkyl or cyclic N) is 1. The van der Waals surface area contributed by atoms with Crippen LogP contribution < -0.4 is 0 Å². The van der Waals surface area contributed by atoms with E-state index in [1.165, 1.54) is 6.26 Å². The molecule has 1 saturated heterocycles. The van der Waals surface area contributed by atoms with Gasteiger partial charge >= 0.3 is 5.97 Å². The van der Waals surface area contributed by atoms with E-state index in [0.717, 1.165) is 4.90 Å². The summed E-state index contributed by atoms with van der Waals surface area (Å²) in [4.78, 5) is 24.1. The molecule has 1 fully saturated rings. The molecule has 0 unspecified atom stereocenters. The molecule has 17 heavy (non-hydrogen) atoms. The number of carboxylic acids is 1. The van der Waals surface area contributed by atoms with Gasteiger partial charge in [-0.1, -0.05) is 0 Å². The van der Waals surface area contributed by atoms with E-state index < -0.39 is 24.0 Å². The molecule has 0 radical (unpaired) electrons. The second-order valence-electron chi connectivity index (χ2n) is 4.15. The van der Waals surface area contributed by atoms with Gasteiger partial charge in [-0.25, -0.2) is 4.79 Å². The van der Waals surface area contributed by atoms with Crippen molar-refractivity contribution in [1.29, 1.82) is 0 Å². The molecule has 1 amide bonds. The van der Waals surface area contributed by atoms with E-state index in [4.69, 9.17) is 9.52 Å². The standard InChI is InChI=1S/C11H13NO5/c1-6-2-7(5-17-6)10(14)12-4-8(13)3-9(12)11(15)16/h2,5,8-9,13H,3-4H2,1H3,(H,15,16)/t8-,9+/m1/s1. The van der Waals surface area contributed by atoms with Crippen molar-refractivity contribution in [3.05, 3.63) is 23.7 Å². The van der Waals surface area contributed by atoms with Crippen molar-refractivity contribution in [2.45, 2.75) is 25.5 Å². The third kappa shape index (κ3) is 2.16. The lowest BCUT2D eigenvalue weighted by Crippen LogP contribution is -2.40. The van der Waals surface area contributed by atoms with E-state index in [9.17, 15) is 14.7 Å². The molecule has 0 aliphatic carbocycles. The molecular weight excluding hydrogens is 226 g/mol. The van der Waals surface area contributed by atoms with E-state index in [2.05, 4.69) is 0 Å². The number of furan rings is 1. The third-order valence-electron chi connectivity index (χ3n) is 2.80. The van der Waals surface area contributed by atoms with Crippen LogP contribution in [0.2, 0.25) is 0 Å². The Labute approximate surface area is 97.4 Å². The zero-order valence-corrected chi connectivity index (χ0v) is 9.29. The summed E-state index contributed by atoms with van der Waals surface area (Å²) in [6.45, 7) is 1.74. The Kier molecular flexibility index (Phi) is 2.89. The van der Waals surface area contributed by atoms with Crippen molar-refractivity contribution in [2.24, 2.45) is 0 Å². The molecule has 2 rings (SSSR count). The summed E-state index contributed by atoms with van der Waals surface area (Å²) in [7, 11) is 0. The first-order valence-corrected chi connectivity index (χ1v) is 5.26. The fraction of sp³-hybridized carbons (Fsp3) is 0.455. The number of nitrogens with zero attached hydrogens (tertiary/aromatic N) is 1. The molecule has 1 aliphatic heterocycles. The van der Waals surface area contributed by atoms with E-state index >= 15 is 0 Å². The number of amides is 1. The Hall–Kier alpha value is -1.82. The number of aliphatic hydroxyl groups excluding tert-OH is 1. The van der Waals surface area contributed by atoms with Crippen molar-refractivity contribution < 1.29 is 24.2 Å². The van der Waals surface area contributed by atoms with Gasteiger partial charge < -0.3 is 19.5 Å². The summed E-state index contributed by atoms with van der Waals surface area (Å²) in [6, 6.07) is 0.582. The molecule has 0 aromatic carbocycles. The predicted octanol–water partition coefficient (Wildman–Crippen LogP) is 0.248. The summed E-state index contributed by atoms with van der Waals surface area (Å²) < 4.78 is 5.01. The van der Waals surface area contributed by atoms with Gasteiger partial charge in [-0.15, -0.1) is 0 Å². The maximum atomic E-state index is 12.0. The third-order valence-corrected chi connectivity index (χ3v) is 2.80. The molecule has 2 heterocycles. The normalized spacial score (nSPS) is 24.0. The zero-order valence-electron chi connectivity index (χ0n) is 9.29. The van der Waals surface area contributed by atoms with Gasteiger partial charge in [0.2, 0.25) is 0 Å². The molecule has 2 atom stereocenters. The monoisotopic (exact) mass is 239 g/mol. The first-order valence-electron chi connectivity index (χ1n) is 5.26. The van der Waals surface area contributed by atoms with Crippen LogP contribution >= 0.6 is 0 Å². The molecule has 0 saturated carbocycles. The number of likely N-dealkylation sites (tertiary alicyclic amines) is 1. The topological polar surface area (TPSA) is 91.0 Å². The Morgan fingerprint density at radius 2 is 2.24 bits per heavy atom. The number of carboxylic acid groups (broad SMARTS) is 1. The van der Waals surface area contributed by atoms with Crippen LogP contribution in [0.3, 0.4) is 0 Å². The van der Waals surface area contributed by atoms with Crippen LogP contribution in [0.5, 0.6) is 0 Å². The Bertz CT molecular complexity index is 452. The molecule has 6 heteroatoms. The largest absolute Gasteiger partial charge is 0.480 e. The molecule has 1 aromatic heterocycles. The number of aryl methyl sites for hydroxylation is 1. The molecule has 1 aliphatic rings. The van der Waals surface area contributed by atoms with E-state index in [1.807, 2.05) is 0 Å². The van der Waals surface area contributed by atoms with Crippen molar-refractivity contribution >= 4 is 11.9 Å². The summed E-state index contributed by atoms with van der Waals surface area (Å²) in [5.74, 6) is -0.944. The lowest BCUT2D eigenvalue weighted by Gasteiger charge is -2.20. The van der Waals surface area contributed by atoms with Gasteiger partial charge in [-0.2, -0.15) is 0 Å². The van der Waals surface area contributed by atoms with Crippen LogP contribution in [0.15, 0.2) is 16.7 Å². The number of rotatable bonds is 2. The Morgan fingerprint density at radius 1 is 1.53 bits per heavy atom. The van der Waals surface area contributed by atoms with E-state index in [1.54, 1.807) is 13.0 Å². The number of hydrogen-bond donors (Lipinski definition) is 2. The first kappa shape index (κ1) is 11.7. The number of carbonyl (C=O) groups excluding carboxylic acids is 1. The highest BCUT2D eigenvalue weighted by molar-refractivity contribution is 5.96. The number of hydrogen-bond acceptors (Lipinski definition) is 4. The molecule has 1 aromatic rings. The smallest absolute Gasteiger partial charge is 0.326 e. The highest BCUT2D eigenvalue weighted by Gasteiger charge is 2.39. The van der Waals surface area contributed by atoms with Crippen LogP contribution in [0.4, 0.5) is 0 Å². The van der Waals surface area contributed by atoms with Crippen LogP contribution in [-0.2, 0) is 4.79 Å². The molecular formula is C11H13NO5. The summed E-state index contributed by atoms with van der Waals surface area (Å²) in [5, 5.41) is 18.4. The molecule has 92 valence electrons. The highest BCUT2D eigenvalue weighted by atomic mass is 16.4. The molecule has 6 nitrogen and oxygen atoms in total. The Morgan fingerprint density at radius 3 is 2.76 bits per heavy atom. The highest BCUT2D eigenvalue weighted by Crippen LogP contribution is 2.21. The second-order valence-corrected chi connectivity index (χ2v) is 4.15. The van der Waals surface area contributed by atoms with Crippen LogP contribution in [-0.4, -0.2) is 45.7 Å². The molecule has 2 N–H and O–H groups in total. The van der Waals surface area contributed by atoms with E-state index in [-0.39, 0.29) is 13.0 Å². The average Bonchev–Trinajstić information content (AvgIpc) is 2.83. The van der Waals surface area contributed by atoms with Crippen LogP contribution in [0.25, 0.3) is 0 Å². The fourth-order valence-corrected chi connectivity index (χ4v) is 1.99. The van der Waals surface area contributed by atoms with Gasteiger partial charge in [0, 0.05) is 13.0 Å². The maximum Gasteiger partial charge on any atom is 0.326 e. The predicted molar refractivity (Wildman–Crippen MR) is 56.5 cm³/mol. The van der Waals surface area contributed by atoms with Crippen molar-refractivity contribution in [1.82, 2.24) is 4.90 Å². The Balaban J connectivity index is 2.21. The SMILES string of the molecule is Cc1cc(C(=O)N2C[C@H](O)C[C@H]2C(=O)O)co1. The number of aliphatic hydroxyl groups is 1. The van der Waals surface area contributed by atoms with Gasteiger partial charge in [-0.05, 0) is 13.0 Å². The van der Waals surface area contributed by atoms with Gasteiger partial charge in [0.25, 0.3) is 5.91 Å². The van der Waals surface area contributed by atoms with Crippen LogP contribution in [0.1, 0.15) is 22.5 Å². The summed E-state index contributed by atoms with van der Waals surface area (Å²) in [6.07, 6.45) is 0.576. The van der Waals surface area contributed by atoms with Crippen LogP contribution in [0, 0.1) is 6.92 Å². The van der Waals surface area contributed by atoms with Gasteiger partial charge in [0.05, 0.1) is 11.7 Å². The second kappa shape index (κ2) is 4.21. The number of aliphatic carboxylic acids is 1. The molecule has 0 spiro atoms.